The predicted molar refractivity (Wildman–Crippen MR) is 53.8 cm³/mol. The first kappa shape index (κ1) is 9.72. The zero-order valence-corrected chi connectivity index (χ0v) is 8.46. The first-order valence-electron chi connectivity index (χ1n) is 4.66. The van der Waals surface area contributed by atoms with Crippen LogP contribution in [0.5, 0.6) is 0 Å². The van der Waals surface area contributed by atoms with Gasteiger partial charge in [-0.25, -0.2) is 14.6 Å². The molecular formula is C9H12N6. The maximum Gasteiger partial charge on any atom is 0.149 e. The minimum absolute atomic E-state index is 0.404. The average molecular weight is 204 g/mol. The van der Waals surface area contributed by atoms with E-state index < -0.39 is 0 Å². The molecule has 78 valence electrons. The van der Waals surface area contributed by atoms with E-state index in [0.717, 1.165) is 11.4 Å². The largest absolute Gasteiger partial charge is 0.325 e. The Balaban J connectivity index is 2.21. The van der Waals surface area contributed by atoms with Crippen molar-refractivity contribution in [2.24, 2.45) is 5.73 Å². The van der Waals surface area contributed by atoms with E-state index in [0.29, 0.717) is 18.9 Å². The Labute approximate surface area is 87.2 Å². The van der Waals surface area contributed by atoms with Gasteiger partial charge in [-0.1, -0.05) is 5.21 Å². The molecule has 0 atom stereocenters. The van der Waals surface area contributed by atoms with Crippen LogP contribution in [0.2, 0.25) is 0 Å². The summed E-state index contributed by atoms with van der Waals surface area (Å²) in [5.74, 6) is 0.717. The molecule has 0 amide bonds. The van der Waals surface area contributed by atoms with Gasteiger partial charge in [0.1, 0.15) is 12.4 Å². The van der Waals surface area contributed by atoms with Crippen LogP contribution in [0.15, 0.2) is 18.5 Å². The normalized spacial score (nSPS) is 10.5. The molecule has 0 aliphatic carbocycles. The van der Waals surface area contributed by atoms with E-state index in [1.165, 1.54) is 0 Å². The predicted octanol–water partition coefficient (Wildman–Crippen LogP) is -0.116. The molecule has 0 aliphatic rings. The summed E-state index contributed by atoms with van der Waals surface area (Å²) in [6.07, 6.45) is 3.41. The molecule has 0 radical (unpaired) electrons. The molecule has 0 saturated heterocycles. The van der Waals surface area contributed by atoms with E-state index >= 15 is 0 Å². The van der Waals surface area contributed by atoms with Gasteiger partial charge < -0.3 is 5.73 Å². The molecule has 2 N–H and O–H groups in total. The molecule has 2 heterocycles. The van der Waals surface area contributed by atoms with Crippen molar-refractivity contribution < 1.29 is 0 Å². The lowest BCUT2D eigenvalue weighted by atomic mass is 10.3. The lowest BCUT2D eigenvalue weighted by Crippen LogP contribution is -2.08. The van der Waals surface area contributed by atoms with E-state index in [9.17, 15) is 0 Å². The molecule has 0 bridgehead atoms. The highest BCUT2D eigenvalue weighted by Crippen LogP contribution is 2.03. The molecule has 0 saturated carbocycles. The zero-order chi connectivity index (χ0) is 10.7. The van der Waals surface area contributed by atoms with Crippen molar-refractivity contribution in [2.75, 3.05) is 0 Å². The van der Waals surface area contributed by atoms with E-state index in [1.54, 1.807) is 23.1 Å². The Kier molecular flexibility index (Phi) is 2.68. The van der Waals surface area contributed by atoms with Gasteiger partial charge >= 0.3 is 0 Å². The van der Waals surface area contributed by atoms with Gasteiger partial charge in [0, 0.05) is 18.9 Å². The number of hydrogen-bond donors (Lipinski definition) is 1. The summed E-state index contributed by atoms with van der Waals surface area (Å²) in [5, 5.41) is 7.95. The first-order valence-corrected chi connectivity index (χ1v) is 4.66. The van der Waals surface area contributed by atoms with Crippen molar-refractivity contribution in [1.82, 2.24) is 25.0 Å². The summed E-state index contributed by atoms with van der Waals surface area (Å²) >= 11 is 0. The molecule has 0 aliphatic heterocycles. The van der Waals surface area contributed by atoms with Gasteiger partial charge in [-0.15, -0.1) is 5.10 Å². The molecule has 0 fully saturated rings. The fraction of sp³-hybridized carbons (Fsp3) is 0.333. The smallest absolute Gasteiger partial charge is 0.149 e. The van der Waals surface area contributed by atoms with Crippen LogP contribution in [0, 0.1) is 6.92 Å². The van der Waals surface area contributed by atoms with Crippen molar-refractivity contribution in [3.8, 4) is 0 Å². The molecule has 6 nitrogen and oxygen atoms in total. The maximum atomic E-state index is 5.51. The zero-order valence-electron chi connectivity index (χ0n) is 8.46. The average Bonchev–Trinajstić information content (AvgIpc) is 2.62. The van der Waals surface area contributed by atoms with Crippen molar-refractivity contribution in [3.05, 3.63) is 35.7 Å². The van der Waals surface area contributed by atoms with Gasteiger partial charge in [0.05, 0.1) is 11.4 Å². The molecule has 15 heavy (non-hydrogen) atoms. The highest BCUT2D eigenvalue weighted by Gasteiger charge is 2.07. The van der Waals surface area contributed by atoms with Crippen LogP contribution in [0.3, 0.4) is 0 Å². The van der Waals surface area contributed by atoms with Gasteiger partial charge in [-0.3, -0.25) is 0 Å². The number of rotatable bonds is 3. The van der Waals surface area contributed by atoms with Crippen LogP contribution in [0.1, 0.15) is 17.2 Å². The summed E-state index contributed by atoms with van der Waals surface area (Å²) in [5.41, 5.74) is 7.28. The Morgan fingerprint density at radius 3 is 2.67 bits per heavy atom. The number of hydrogen-bond acceptors (Lipinski definition) is 5. The van der Waals surface area contributed by atoms with Crippen molar-refractivity contribution in [3.63, 3.8) is 0 Å². The van der Waals surface area contributed by atoms with E-state index in [1.807, 2.05) is 6.92 Å². The number of nitrogens with zero attached hydrogens (tertiary/aromatic N) is 5. The highest BCUT2D eigenvalue weighted by atomic mass is 15.4. The standard InChI is InChI=1S/C9H12N6/c1-7-8(5-10)13-14-15(7)6-9-11-3-2-4-12-9/h2-4H,5-6,10H2,1H3. The SMILES string of the molecule is Cc1c(CN)nnn1Cc1ncccn1. The Morgan fingerprint density at radius 2 is 2.07 bits per heavy atom. The third-order valence-electron chi connectivity index (χ3n) is 2.18. The van der Waals surface area contributed by atoms with Gasteiger partial charge in [-0.2, -0.15) is 0 Å². The van der Waals surface area contributed by atoms with E-state index in [2.05, 4.69) is 20.3 Å². The van der Waals surface area contributed by atoms with Crippen LogP contribution in [0.4, 0.5) is 0 Å². The van der Waals surface area contributed by atoms with Crippen LogP contribution in [0.25, 0.3) is 0 Å². The van der Waals surface area contributed by atoms with Crippen molar-refractivity contribution >= 4 is 0 Å². The van der Waals surface area contributed by atoms with Crippen LogP contribution >= 0.6 is 0 Å². The Bertz CT molecular complexity index is 435. The third kappa shape index (κ3) is 1.99. The number of nitrogens with two attached hydrogens (primary N) is 1. The molecule has 0 unspecified atom stereocenters. The summed E-state index contributed by atoms with van der Waals surface area (Å²) in [6, 6.07) is 1.78. The molecule has 2 rings (SSSR count). The van der Waals surface area contributed by atoms with Crippen LogP contribution in [-0.4, -0.2) is 25.0 Å². The molecule has 0 aromatic carbocycles. The second-order valence-electron chi connectivity index (χ2n) is 3.15. The van der Waals surface area contributed by atoms with Crippen molar-refractivity contribution in [1.29, 1.82) is 0 Å². The second kappa shape index (κ2) is 4.14. The van der Waals surface area contributed by atoms with E-state index in [-0.39, 0.29) is 0 Å². The highest BCUT2D eigenvalue weighted by molar-refractivity contribution is 5.08. The molecule has 2 aromatic heterocycles. The topological polar surface area (TPSA) is 82.5 Å². The Morgan fingerprint density at radius 1 is 1.33 bits per heavy atom. The fourth-order valence-corrected chi connectivity index (χ4v) is 1.28. The third-order valence-corrected chi connectivity index (χ3v) is 2.18. The summed E-state index contributed by atoms with van der Waals surface area (Å²) in [7, 11) is 0. The molecule has 2 aromatic rings. The lowest BCUT2D eigenvalue weighted by molar-refractivity contribution is 0.610. The summed E-state index contributed by atoms with van der Waals surface area (Å²) in [6.45, 7) is 2.87. The van der Waals surface area contributed by atoms with E-state index in [4.69, 9.17) is 5.73 Å². The molecule has 6 heteroatoms. The van der Waals surface area contributed by atoms with Gasteiger partial charge in [-0.05, 0) is 13.0 Å². The molecule has 0 spiro atoms. The maximum absolute atomic E-state index is 5.51. The van der Waals surface area contributed by atoms with Gasteiger partial charge in [0.15, 0.2) is 0 Å². The quantitative estimate of drug-likeness (QED) is 0.753. The Hall–Kier alpha value is -1.82. The first-order chi connectivity index (χ1) is 7.31. The minimum atomic E-state index is 0.404. The second-order valence-corrected chi connectivity index (χ2v) is 3.15. The number of aromatic nitrogens is 5. The summed E-state index contributed by atoms with van der Waals surface area (Å²) in [4.78, 5) is 8.24. The van der Waals surface area contributed by atoms with Crippen LogP contribution < -0.4 is 5.73 Å². The van der Waals surface area contributed by atoms with Crippen molar-refractivity contribution in [2.45, 2.75) is 20.0 Å². The van der Waals surface area contributed by atoms with Gasteiger partial charge in [0.25, 0.3) is 0 Å². The monoisotopic (exact) mass is 204 g/mol. The minimum Gasteiger partial charge on any atom is -0.325 e. The van der Waals surface area contributed by atoms with Crippen LogP contribution in [-0.2, 0) is 13.1 Å². The fourth-order valence-electron chi connectivity index (χ4n) is 1.28. The molecular weight excluding hydrogens is 192 g/mol. The van der Waals surface area contributed by atoms with Gasteiger partial charge in [0.2, 0.25) is 0 Å². The summed E-state index contributed by atoms with van der Waals surface area (Å²) < 4.78 is 1.75. The lowest BCUT2D eigenvalue weighted by Gasteiger charge is -2.01.